The van der Waals surface area contributed by atoms with Gasteiger partial charge in [-0.3, -0.25) is 9.97 Å². The molecule has 4 aromatic heterocycles. The van der Waals surface area contributed by atoms with Crippen LogP contribution >= 0.6 is 0 Å². The van der Waals surface area contributed by atoms with Gasteiger partial charge in [-0.05, 0) is 35.4 Å². The highest BCUT2D eigenvalue weighted by atomic mass is 15.2. The Bertz CT molecular complexity index is 1400. The van der Waals surface area contributed by atoms with Crippen molar-refractivity contribution in [1.29, 1.82) is 0 Å². The molecule has 1 aromatic carbocycles. The summed E-state index contributed by atoms with van der Waals surface area (Å²) in [4.78, 5) is 9.19. The van der Waals surface area contributed by atoms with Gasteiger partial charge in [0, 0.05) is 47.3 Å². The van der Waals surface area contributed by atoms with E-state index in [1.54, 1.807) is 6.20 Å². The zero-order valence-corrected chi connectivity index (χ0v) is 16.2. The molecule has 0 aliphatic heterocycles. The fourth-order valence-corrected chi connectivity index (χ4v) is 4.15. The summed E-state index contributed by atoms with van der Waals surface area (Å²) in [5.41, 5.74) is 10.2. The molecular weight excluding hydrogens is 368 g/mol. The Morgan fingerprint density at radius 3 is 2.53 bits per heavy atom. The number of nitrogens with zero attached hydrogens (tertiary/aromatic N) is 4. The molecule has 6 rings (SSSR count). The molecule has 0 amide bonds. The van der Waals surface area contributed by atoms with Crippen molar-refractivity contribution < 1.29 is 0 Å². The predicted molar refractivity (Wildman–Crippen MR) is 119 cm³/mol. The molecular formula is C26H18N4. The Morgan fingerprint density at radius 1 is 0.767 bits per heavy atom. The second kappa shape index (κ2) is 6.78. The lowest BCUT2D eigenvalue weighted by Gasteiger charge is -2.09. The maximum absolute atomic E-state index is 4.94. The number of rotatable bonds is 3. The zero-order chi connectivity index (χ0) is 19.9. The molecule has 0 unspecified atom stereocenters. The number of fused-ring (bicyclic) bond motifs is 2. The minimum atomic E-state index is 0.852. The molecule has 4 heteroatoms. The van der Waals surface area contributed by atoms with Gasteiger partial charge >= 0.3 is 0 Å². The molecule has 0 bridgehead atoms. The Balaban J connectivity index is 1.41. The topological polar surface area (TPSA) is 43.1 Å². The minimum absolute atomic E-state index is 0.852. The van der Waals surface area contributed by atoms with Crippen LogP contribution in [0.15, 0.2) is 97.6 Å². The van der Waals surface area contributed by atoms with Gasteiger partial charge in [-0.2, -0.15) is 5.10 Å². The lowest BCUT2D eigenvalue weighted by atomic mass is 9.99. The zero-order valence-electron chi connectivity index (χ0n) is 16.2. The molecule has 4 heterocycles. The summed E-state index contributed by atoms with van der Waals surface area (Å²) in [5.74, 6) is 0. The quantitative estimate of drug-likeness (QED) is 0.414. The first kappa shape index (κ1) is 16.9. The number of allylic oxidation sites excluding steroid dienone is 1. The molecule has 4 nitrogen and oxygen atoms in total. The second-order valence-electron chi connectivity index (χ2n) is 7.42. The molecule has 0 radical (unpaired) electrons. The summed E-state index contributed by atoms with van der Waals surface area (Å²) in [6, 6.07) is 23.0. The van der Waals surface area contributed by atoms with Crippen molar-refractivity contribution in [2.75, 3.05) is 0 Å². The van der Waals surface area contributed by atoms with Crippen LogP contribution in [0, 0.1) is 0 Å². The van der Waals surface area contributed by atoms with Crippen LogP contribution in [-0.4, -0.2) is 19.6 Å². The third kappa shape index (κ3) is 2.73. The molecule has 0 saturated carbocycles. The van der Waals surface area contributed by atoms with Gasteiger partial charge in [0.2, 0.25) is 0 Å². The summed E-state index contributed by atoms with van der Waals surface area (Å²) < 4.78 is 1.92. The fourth-order valence-electron chi connectivity index (χ4n) is 4.15. The highest BCUT2D eigenvalue weighted by molar-refractivity contribution is 5.88. The van der Waals surface area contributed by atoms with Gasteiger partial charge < -0.3 is 0 Å². The average Bonchev–Trinajstić information content (AvgIpc) is 3.43. The Kier molecular flexibility index (Phi) is 3.81. The van der Waals surface area contributed by atoms with Crippen LogP contribution in [-0.2, 0) is 6.42 Å². The van der Waals surface area contributed by atoms with E-state index in [-0.39, 0.29) is 0 Å². The third-order valence-corrected chi connectivity index (χ3v) is 5.64. The van der Waals surface area contributed by atoms with Crippen molar-refractivity contribution in [3.63, 3.8) is 0 Å². The van der Waals surface area contributed by atoms with Crippen molar-refractivity contribution >= 4 is 11.1 Å². The van der Waals surface area contributed by atoms with Crippen LogP contribution in [0.1, 0.15) is 16.8 Å². The summed E-state index contributed by atoms with van der Waals surface area (Å²) in [7, 11) is 0. The summed E-state index contributed by atoms with van der Waals surface area (Å²) in [6.07, 6.45) is 10.7. The van der Waals surface area contributed by atoms with Crippen molar-refractivity contribution in [1.82, 2.24) is 19.6 Å². The van der Waals surface area contributed by atoms with Gasteiger partial charge in [-0.25, -0.2) is 4.52 Å². The molecule has 5 aromatic rings. The molecule has 0 saturated heterocycles. The fraction of sp³-hybridized carbons (Fsp3) is 0.0385. The lowest BCUT2D eigenvalue weighted by molar-refractivity contribution is 0.960. The second-order valence-corrected chi connectivity index (χ2v) is 7.42. The summed E-state index contributed by atoms with van der Waals surface area (Å²) in [6.45, 7) is 0. The molecule has 142 valence electrons. The monoisotopic (exact) mass is 386 g/mol. The van der Waals surface area contributed by atoms with E-state index in [1.165, 1.54) is 16.7 Å². The van der Waals surface area contributed by atoms with Crippen molar-refractivity contribution in [3.05, 3.63) is 114 Å². The molecule has 0 fully saturated rings. The van der Waals surface area contributed by atoms with E-state index < -0.39 is 0 Å². The maximum Gasteiger partial charge on any atom is 0.0746 e. The highest BCUT2D eigenvalue weighted by Crippen LogP contribution is 2.35. The van der Waals surface area contributed by atoms with Crippen molar-refractivity contribution in [3.8, 4) is 22.4 Å². The Labute approximate surface area is 174 Å². The third-order valence-electron chi connectivity index (χ3n) is 5.64. The Morgan fingerprint density at radius 2 is 1.67 bits per heavy atom. The van der Waals surface area contributed by atoms with E-state index in [2.05, 4.69) is 70.8 Å². The molecule has 30 heavy (non-hydrogen) atoms. The predicted octanol–water partition coefficient (Wildman–Crippen LogP) is 5.45. The highest BCUT2D eigenvalue weighted by Gasteiger charge is 2.19. The van der Waals surface area contributed by atoms with E-state index in [4.69, 9.17) is 4.98 Å². The number of aromatic nitrogens is 4. The Hall–Kier alpha value is -4.05. The average molecular weight is 386 g/mol. The van der Waals surface area contributed by atoms with E-state index in [0.717, 1.165) is 40.0 Å². The number of hydrogen-bond acceptors (Lipinski definition) is 3. The molecule has 1 aliphatic rings. The minimum Gasteiger partial charge on any atom is -0.264 e. The van der Waals surface area contributed by atoms with Crippen LogP contribution in [0.25, 0.3) is 33.5 Å². The summed E-state index contributed by atoms with van der Waals surface area (Å²) in [5, 5.41) is 4.51. The first-order valence-electron chi connectivity index (χ1n) is 10.0. The molecule has 1 aliphatic carbocycles. The van der Waals surface area contributed by atoms with E-state index in [1.807, 2.05) is 35.2 Å². The summed E-state index contributed by atoms with van der Waals surface area (Å²) >= 11 is 0. The normalized spacial score (nSPS) is 12.7. The van der Waals surface area contributed by atoms with Crippen LogP contribution in [0.5, 0.6) is 0 Å². The van der Waals surface area contributed by atoms with Crippen LogP contribution < -0.4 is 0 Å². The number of pyridine rings is 3. The van der Waals surface area contributed by atoms with Crippen LogP contribution in [0.4, 0.5) is 0 Å². The van der Waals surface area contributed by atoms with Crippen LogP contribution in [0.2, 0.25) is 0 Å². The van der Waals surface area contributed by atoms with Crippen molar-refractivity contribution in [2.24, 2.45) is 0 Å². The van der Waals surface area contributed by atoms with Gasteiger partial charge in [0.15, 0.2) is 0 Å². The van der Waals surface area contributed by atoms with Gasteiger partial charge in [0.05, 0.1) is 23.1 Å². The molecule has 0 spiro atoms. The largest absolute Gasteiger partial charge is 0.264 e. The van der Waals surface area contributed by atoms with E-state index >= 15 is 0 Å². The van der Waals surface area contributed by atoms with Gasteiger partial charge in [0.25, 0.3) is 0 Å². The van der Waals surface area contributed by atoms with Crippen LogP contribution in [0.3, 0.4) is 0 Å². The molecule has 0 atom stereocenters. The SMILES string of the molecule is C1=C(c2ccn3ncc(-c4cccnc4)c3c2)c2ccc(-c3ccccc3)nc2C1. The van der Waals surface area contributed by atoms with E-state index in [0.29, 0.717) is 0 Å². The molecule has 0 N–H and O–H groups in total. The number of hydrogen-bond donors (Lipinski definition) is 0. The van der Waals surface area contributed by atoms with Gasteiger partial charge in [-0.1, -0.05) is 48.5 Å². The number of benzene rings is 1. The maximum atomic E-state index is 4.94. The lowest BCUT2D eigenvalue weighted by Crippen LogP contribution is -1.94. The first-order chi connectivity index (χ1) is 14.9. The van der Waals surface area contributed by atoms with Gasteiger partial charge in [-0.15, -0.1) is 0 Å². The van der Waals surface area contributed by atoms with E-state index in [9.17, 15) is 0 Å². The standard InChI is InChI=1S/C26H18N4/c1-2-5-18(6-3-1)24-10-9-22-21(8-11-25(22)29-24)19-12-14-30-26(15-19)23(17-28-30)20-7-4-13-27-16-20/h1-10,12-17H,11H2. The first-order valence-corrected chi connectivity index (χ1v) is 10.0. The van der Waals surface area contributed by atoms with Gasteiger partial charge in [0.1, 0.15) is 0 Å². The van der Waals surface area contributed by atoms with Crippen molar-refractivity contribution in [2.45, 2.75) is 6.42 Å². The smallest absolute Gasteiger partial charge is 0.0746 e.